The highest BCUT2D eigenvalue weighted by molar-refractivity contribution is 6.04. The van der Waals surface area contributed by atoms with Gasteiger partial charge < -0.3 is 19.6 Å². The average molecular weight is 317 g/mol. The van der Waals surface area contributed by atoms with E-state index in [0.29, 0.717) is 12.1 Å². The molecular weight excluding hydrogens is 298 g/mol. The van der Waals surface area contributed by atoms with Gasteiger partial charge in [0.2, 0.25) is 0 Å². The molecule has 0 saturated carbocycles. The standard InChI is InChI=1S/C17H19NO5/c1-3-22-16(20)13-14(17(21)23-4-2)18-12(15(13)19)10-11-8-6-5-7-9-11/h5-9,18-19H,3-4,10H2,1-2H3. The minimum atomic E-state index is -0.761. The third-order valence-electron chi connectivity index (χ3n) is 3.23. The number of nitrogens with one attached hydrogen (secondary N) is 1. The molecule has 0 aliphatic heterocycles. The fourth-order valence-electron chi connectivity index (χ4n) is 2.23. The summed E-state index contributed by atoms with van der Waals surface area (Å²) in [7, 11) is 0. The minimum Gasteiger partial charge on any atom is -0.505 e. The largest absolute Gasteiger partial charge is 0.505 e. The summed E-state index contributed by atoms with van der Waals surface area (Å²) in [6.45, 7) is 3.61. The zero-order chi connectivity index (χ0) is 16.8. The van der Waals surface area contributed by atoms with Crippen molar-refractivity contribution in [2.75, 3.05) is 13.2 Å². The lowest BCUT2D eigenvalue weighted by atomic mass is 10.1. The van der Waals surface area contributed by atoms with Gasteiger partial charge in [-0.15, -0.1) is 0 Å². The number of hydrogen-bond acceptors (Lipinski definition) is 5. The van der Waals surface area contributed by atoms with E-state index in [1.54, 1.807) is 13.8 Å². The van der Waals surface area contributed by atoms with Crippen LogP contribution in [0.5, 0.6) is 5.75 Å². The summed E-state index contributed by atoms with van der Waals surface area (Å²) < 4.78 is 9.84. The van der Waals surface area contributed by atoms with Gasteiger partial charge in [0.15, 0.2) is 5.75 Å². The van der Waals surface area contributed by atoms with Crippen LogP contribution >= 0.6 is 0 Å². The van der Waals surface area contributed by atoms with Crippen molar-refractivity contribution in [1.29, 1.82) is 0 Å². The fraction of sp³-hybridized carbons (Fsp3) is 0.294. The van der Waals surface area contributed by atoms with E-state index < -0.39 is 11.9 Å². The number of H-pyrrole nitrogens is 1. The second-order valence-electron chi connectivity index (χ2n) is 4.81. The Labute approximate surface area is 134 Å². The van der Waals surface area contributed by atoms with Gasteiger partial charge in [0.25, 0.3) is 0 Å². The molecule has 1 heterocycles. The summed E-state index contributed by atoms with van der Waals surface area (Å²) >= 11 is 0. The highest BCUT2D eigenvalue weighted by atomic mass is 16.5. The number of rotatable bonds is 6. The van der Waals surface area contributed by atoms with E-state index in [1.807, 2.05) is 30.3 Å². The van der Waals surface area contributed by atoms with E-state index in [1.165, 1.54) is 0 Å². The second kappa shape index (κ2) is 7.49. The van der Waals surface area contributed by atoms with Crippen molar-refractivity contribution in [3.05, 3.63) is 52.8 Å². The number of ether oxygens (including phenoxy) is 2. The number of hydrogen-bond donors (Lipinski definition) is 2. The van der Waals surface area contributed by atoms with Gasteiger partial charge in [0.1, 0.15) is 11.3 Å². The molecule has 1 aromatic heterocycles. The second-order valence-corrected chi connectivity index (χ2v) is 4.81. The first-order valence-corrected chi connectivity index (χ1v) is 7.40. The van der Waals surface area contributed by atoms with Crippen molar-refractivity contribution in [1.82, 2.24) is 4.98 Å². The Morgan fingerprint density at radius 1 is 1.04 bits per heavy atom. The molecule has 0 radical (unpaired) electrons. The Morgan fingerprint density at radius 2 is 1.65 bits per heavy atom. The third-order valence-corrected chi connectivity index (χ3v) is 3.23. The molecule has 0 unspecified atom stereocenters. The number of carbonyl (C=O) groups excluding carboxylic acids is 2. The zero-order valence-corrected chi connectivity index (χ0v) is 13.1. The molecule has 6 heteroatoms. The van der Waals surface area contributed by atoms with Gasteiger partial charge in [-0.25, -0.2) is 9.59 Å². The molecule has 0 bridgehead atoms. The Balaban J connectivity index is 2.42. The van der Waals surface area contributed by atoms with Crippen molar-refractivity contribution < 1.29 is 24.2 Å². The van der Waals surface area contributed by atoms with E-state index in [4.69, 9.17) is 9.47 Å². The molecule has 122 valence electrons. The number of aromatic nitrogens is 1. The molecule has 2 rings (SSSR count). The molecule has 0 fully saturated rings. The number of aromatic hydroxyl groups is 1. The SMILES string of the molecule is CCOC(=O)c1[nH]c(Cc2ccccc2)c(O)c1C(=O)OCC. The lowest BCUT2D eigenvalue weighted by molar-refractivity contribution is 0.0473. The maximum absolute atomic E-state index is 12.1. The molecule has 2 aromatic rings. The van der Waals surface area contributed by atoms with Crippen LogP contribution in [0.4, 0.5) is 0 Å². The van der Waals surface area contributed by atoms with E-state index in [0.717, 1.165) is 5.56 Å². The Morgan fingerprint density at radius 3 is 2.26 bits per heavy atom. The molecule has 2 N–H and O–H groups in total. The third kappa shape index (κ3) is 3.71. The number of benzene rings is 1. The molecule has 1 aromatic carbocycles. The Kier molecular flexibility index (Phi) is 5.41. The van der Waals surface area contributed by atoms with Gasteiger partial charge in [-0.2, -0.15) is 0 Å². The minimum absolute atomic E-state index is 0.0891. The lowest BCUT2D eigenvalue weighted by Crippen LogP contribution is -2.13. The van der Waals surface area contributed by atoms with Crippen LogP contribution in [0.25, 0.3) is 0 Å². The van der Waals surface area contributed by atoms with Crippen molar-refractivity contribution in [2.45, 2.75) is 20.3 Å². The van der Waals surface area contributed by atoms with Crippen LogP contribution in [0.15, 0.2) is 30.3 Å². The van der Waals surface area contributed by atoms with Crippen LogP contribution in [0.3, 0.4) is 0 Å². The van der Waals surface area contributed by atoms with Crippen molar-refractivity contribution in [3.63, 3.8) is 0 Å². The highest BCUT2D eigenvalue weighted by Gasteiger charge is 2.28. The van der Waals surface area contributed by atoms with Crippen LogP contribution in [-0.2, 0) is 15.9 Å². The molecule has 23 heavy (non-hydrogen) atoms. The first-order chi connectivity index (χ1) is 11.1. The summed E-state index contributed by atoms with van der Waals surface area (Å²) in [6, 6.07) is 9.39. The molecule has 0 spiro atoms. The quantitative estimate of drug-likeness (QED) is 0.800. The van der Waals surface area contributed by atoms with E-state index in [2.05, 4.69) is 4.98 Å². The van der Waals surface area contributed by atoms with Gasteiger partial charge in [0, 0.05) is 6.42 Å². The summed E-state index contributed by atoms with van der Waals surface area (Å²) in [5, 5.41) is 10.3. The van der Waals surface area contributed by atoms with Crippen LogP contribution in [-0.4, -0.2) is 35.2 Å². The van der Waals surface area contributed by atoms with Crippen LogP contribution in [0.1, 0.15) is 46.0 Å². The summed E-state index contributed by atoms with van der Waals surface area (Å²) in [6.07, 6.45) is 0.346. The molecule has 0 aliphatic rings. The number of aromatic amines is 1. The maximum atomic E-state index is 12.1. The maximum Gasteiger partial charge on any atom is 0.355 e. The van der Waals surface area contributed by atoms with Gasteiger partial charge in [-0.3, -0.25) is 0 Å². The van der Waals surface area contributed by atoms with Crippen molar-refractivity contribution in [2.24, 2.45) is 0 Å². The Bertz CT molecular complexity index is 691. The fourth-order valence-corrected chi connectivity index (χ4v) is 2.23. The van der Waals surface area contributed by atoms with Gasteiger partial charge in [-0.05, 0) is 19.4 Å². The number of esters is 2. The van der Waals surface area contributed by atoms with Gasteiger partial charge in [-0.1, -0.05) is 30.3 Å². The Hall–Kier alpha value is -2.76. The lowest BCUT2D eigenvalue weighted by Gasteiger charge is -2.04. The first-order valence-electron chi connectivity index (χ1n) is 7.40. The monoisotopic (exact) mass is 317 g/mol. The predicted molar refractivity (Wildman–Crippen MR) is 83.6 cm³/mol. The van der Waals surface area contributed by atoms with Crippen molar-refractivity contribution in [3.8, 4) is 5.75 Å². The van der Waals surface area contributed by atoms with E-state index in [9.17, 15) is 14.7 Å². The predicted octanol–water partition coefficient (Wildman–Crippen LogP) is 2.66. The van der Waals surface area contributed by atoms with Crippen LogP contribution < -0.4 is 0 Å². The van der Waals surface area contributed by atoms with E-state index in [-0.39, 0.29) is 30.2 Å². The van der Waals surface area contributed by atoms with Crippen LogP contribution in [0, 0.1) is 0 Å². The molecular formula is C17H19NO5. The normalized spacial score (nSPS) is 10.3. The summed E-state index contributed by atoms with van der Waals surface area (Å²) in [5.41, 5.74) is 1.02. The van der Waals surface area contributed by atoms with Gasteiger partial charge >= 0.3 is 11.9 Å². The number of carbonyl (C=O) groups is 2. The molecule has 0 amide bonds. The topological polar surface area (TPSA) is 88.6 Å². The summed E-state index contributed by atoms with van der Waals surface area (Å²) in [4.78, 5) is 26.9. The van der Waals surface area contributed by atoms with Gasteiger partial charge in [0.05, 0.1) is 18.9 Å². The van der Waals surface area contributed by atoms with Crippen LogP contribution in [0.2, 0.25) is 0 Å². The molecule has 0 aliphatic carbocycles. The highest BCUT2D eigenvalue weighted by Crippen LogP contribution is 2.29. The van der Waals surface area contributed by atoms with Crippen molar-refractivity contribution >= 4 is 11.9 Å². The smallest absolute Gasteiger partial charge is 0.355 e. The first kappa shape index (κ1) is 16.6. The molecule has 0 atom stereocenters. The average Bonchev–Trinajstić information content (AvgIpc) is 2.86. The molecule has 6 nitrogen and oxygen atoms in total. The summed E-state index contributed by atoms with van der Waals surface area (Å²) in [5.74, 6) is -1.75. The van der Waals surface area contributed by atoms with E-state index >= 15 is 0 Å². The zero-order valence-electron chi connectivity index (χ0n) is 13.1. The molecule has 0 saturated heterocycles.